The van der Waals surface area contributed by atoms with E-state index in [0.717, 1.165) is 5.56 Å². The lowest BCUT2D eigenvalue weighted by Gasteiger charge is -2.18. The van der Waals surface area contributed by atoms with Crippen LogP contribution < -0.4 is 10.5 Å². The van der Waals surface area contributed by atoms with E-state index in [-0.39, 0.29) is 30.7 Å². The van der Waals surface area contributed by atoms with Gasteiger partial charge in [-0.05, 0) is 30.2 Å². The van der Waals surface area contributed by atoms with Crippen molar-refractivity contribution in [1.82, 2.24) is 4.90 Å². The minimum atomic E-state index is -0.402. The molecule has 130 valence electrons. The molecule has 2 N–H and O–H groups in total. The van der Waals surface area contributed by atoms with Gasteiger partial charge >= 0.3 is 0 Å². The molecule has 0 bridgehead atoms. The quantitative estimate of drug-likeness (QED) is 0.778. The van der Waals surface area contributed by atoms with Crippen LogP contribution in [0.25, 0.3) is 0 Å². The standard InChI is InChI=1S/C18H21FN2O2.ClH/c1-21(12-13-23-17-9-5-3-7-15(17)19)18(22)11-10-14-6-2-4-8-16(14)20;/h2-9H,10-13,20H2,1H3;1H. The highest BCUT2D eigenvalue weighted by atomic mass is 35.5. The zero-order chi connectivity index (χ0) is 16.7. The average molecular weight is 353 g/mol. The number of nitrogens with zero attached hydrogens (tertiary/aromatic N) is 1. The Bertz CT molecular complexity index is 667. The van der Waals surface area contributed by atoms with Gasteiger partial charge in [0, 0.05) is 19.2 Å². The molecule has 6 heteroatoms. The molecule has 0 radical (unpaired) electrons. The van der Waals surface area contributed by atoms with E-state index in [1.54, 1.807) is 30.1 Å². The maximum Gasteiger partial charge on any atom is 0.222 e. The first kappa shape index (κ1) is 19.8. The molecule has 0 aliphatic rings. The van der Waals surface area contributed by atoms with Crippen molar-refractivity contribution in [3.05, 3.63) is 59.9 Å². The third kappa shape index (κ3) is 5.74. The van der Waals surface area contributed by atoms with E-state index >= 15 is 0 Å². The largest absolute Gasteiger partial charge is 0.489 e. The lowest BCUT2D eigenvalue weighted by Crippen LogP contribution is -2.31. The lowest BCUT2D eigenvalue weighted by molar-refractivity contribution is -0.130. The van der Waals surface area contributed by atoms with Crippen LogP contribution in [0.15, 0.2) is 48.5 Å². The Kier molecular flexibility index (Phi) is 8.06. The Morgan fingerprint density at radius 3 is 2.54 bits per heavy atom. The molecular weight excluding hydrogens is 331 g/mol. The molecule has 0 aromatic heterocycles. The predicted octanol–water partition coefficient (Wildman–Crippen LogP) is 3.30. The second-order valence-electron chi connectivity index (χ2n) is 5.29. The molecule has 4 nitrogen and oxygen atoms in total. The highest BCUT2D eigenvalue weighted by Crippen LogP contribution is 2.15. The lowest BCUT2D eigenvalue weighted by atomic mass is 10.1. The van der Waals surface area contributed by atoms with Crippen LogP contribution in [0.5, 0.6) is 5.75 Å². The van der Waals surface area contributed by atoms with Gasteiger partial charge in [-0.15, -0.1) is 12.4 Å². The van der Waals surface area contributed by atoms with E-state index < -0.39 is 5.82 Å². The summed E-state index contributed by atoms with van der Waals surface area (Å²) in [4.78, 5) is 13.7. The number of likely N-dealkylation sites (N-methyl/N-ethyl adjacent to an activating group) is 1. The normalized spacial score (nSPS) is 9.92. The minimum absolute atomic E-state index is 0. The van der Waals surface area contributed by atoms with Crippen molar-refractivity contribution in [3.63, 3.8) is 0 Å². The molecule has 2 aromatic carbocycles. The number of aryl methyl sites for hydroxylation is 1. The summed E-state index contributed by atoms with van der Waals surface area (Å²) < 4.78 is 18.8. The van der Waals surface area contributed by atoms with E-state index in [2.05, 4.69) is 0 Å². The van der Waals surface area contributed by atoms with Gasteiger partial charge in [0.05, 0.1) is 6.54 Å². The number of ether oxygens (including phenoxy) is 1. The van der Waals surface area contributed by atoms with Gasteiger partial charge in [-0.2, -0.15) is 0 Å². The van der Waals surface area contributed by atoms with Gasteiger partial charge in [0.15, 0.2) is 11.6 Å². The molecule has 0 heterocycles. The molecule has 2 rings (SSSR count). The zero-order valence-electron chi connectivity index (χ0n) is 13.6. The summed E-state index contributed by atoms with van der Waals surface area (Å²) in [6.45, 7) is 0.647. The van der Waals surface area contributed by atoms with Crippen molar-refractivity contribution in [3.8, 4) is 5.75 Å². The summed E-state index contributed by atoms with van der Waals surface area (Å²) in [5.74, 6) is -0.197. The van der Waals surface area contributed by atoms with E-state index in [9.17, 15) is 9.18 Å². The molecule has 24 heavy (non-hydrogen) atoms. The van der Waals surface area contributed by atoms with Crippen LogP contribution in [0.2, 0.25) is 0 Å². The monoisotopic (exact) mass is 352 g/mol. The first-order chi connectivity index (χ1) is 11.1. The summed E-state index contributed by atoms with van der Waals surface area (Å²) in [6, 6.07) is 13.7. The smallest absolute Gasteiger partial charge is 0.222 e. The Morgan fingerprint density at radius 1 is 1.17 bits per heavy atom. The summed E-state index contributed by atoms with van der Waals surface area (Å²) in [5, 5.41) is 0. The number of anilines is 1. The van der Waals surface area contributed by atoms with Crippen LogP contribution in [-0.4, -0.2) is 31.0 Å². The van der Waals surface area contributed by atoms with Crippen LogP contribution >= 0.6 is 12.4 Å². The maximum atomic E-state index is 13.4. The predicted molar refractivity (Wildman–Crippen MR) is 96.0 cm³/mol. The van der Waals surface area contributed by atoms with Crippen LogP contribution in [0, 0.1) is 5.82 Å². The van der Waals surface area contributed by atoms with Crippen molar-refractivity contribution >= 4 is 24.0 Å². The molecule has 0 aliphatic carbocycles. The van der Waals surface area contributed by atoms with Crippen molar-refractivity contribution < 1.29 is 13.9 Å². The molecule has 1 amide bonds. The highest BCUT2D eigenvalue weighted by Gasteiger charge is 2.10. The number of nitrogen functional groups attached to an aromatic ring is 1. The van der Waals surface area contributed by atoms with Gasteiger partial charge in [0.25, 0.3) is 0 Å². The molecule has 0 fully saturated rings. The number of amides is 1. The Labute approximate surface area is 147 Å². The number of hydrogen-bond acceptors (Lipinski definition) is 3. The summed E-state index contributed by atoms with van der Waals surface area (Å²) in [7, 11) is 1.71. The van der Waals surface area contributed by atoms with E-state index in [0.29, 0.717) is 25.1 Å². The highest BCUT2D eigenvalue weighted by molar-refractivity contribution is 5.85. The molecular formula is C18H22ClFN2O2. The number of carbonyl (C=O) groups is 1. The average Bonchev–Trinajstić information content (AvgIpc) is 2.55. The second-order valence-corrected chi connectivity index (χ2v) is 5.29. The fraction of sp³-hybridized carbons (Fsp3) is 0.278. The number of para-hydroxylation sites is 2. The Balaban J connectivity index is 0.00000288. The van der Waals surface area contributed by atoms with Gasteiger partial charge < -0.3 is 15.4 Å². The van der Waals surface area contributed by atoms with Gasteiger partial charge in [0.2, 0.25) is 5.91 Å². The van der Waals surface area contributed by atoms with Crippen molar-refractivity contribution in [1.29, 1.82) is 0 Å². The molecule has 0 unspecified atom stereocenters. The SMILES string of the molecule is CN(CCOc1ccccc1F)C(=O)CCc1ccccc1N.Cl. The fourth-order valence-corrected chi connectivity index (χ4v) is 2.17. The van der Waals surface area contributed by atoms with Crippen molar-refractivity contribution in [2.45, 2.75) is 12.8 Å². The molecule has 0 saturated carbocycles. The minimum Gasteiger partial charge on any atom is -0.489 e. The molecule has 0 atom stereocenters. The number of benzene rings is 2. The summed E-state index contributed by atoms with van der Waals surface area (Å²) in [5.41, 5.74) is 7.53. The number of rotatable bonds is 7. The first-order valence-corrected chi connectivity index (χ1v) is 7.52. The topological polar surface area (TPSA) is 55.6 Å². The second kappa shape index (κ2) is 9.78. The van der Waals surface area contributed by atoms with Gasteiger partial charge in [0.1, 0.15) is 6.61 Å². The number of halogens is 2. The van der Waals surface area contributed by atoms with Crippen LogP contribution in [0.1, 0.15) is 12.0 Å². The fourth-order valence-electron chi connectivity index (χ4n) is 2.17. The van der Waals surface area contributed by atoms with Crippen LogP contribution in [0.3, 0.4) is 0 Å². The Hall–Kier alpha value is -2.27. The van der Waals surface area contributed by atoms with E-state index in [1.807, 2.05) is 24.3 Å². The van der Waals surface area contributed by atoms with Gasteiger partial charge in [-0.1, -0.05) is 30.3 Å². The zero-order valence-corrected chi connectivity index (χ0v) is 14.4. The third-order valence-electron chi connectivity index (χ3n) is 3.61. The summed E-state index contributed by atoms with van der Waals surface area (Å²) in [6.07, 6.45) is 0.981. The van der Waals surface area contributed by atoms with Crippen LogP contribution in [-0.2, 0) is 11.2 Å². The van der Waals surface area contributed by atoms with E-state index in [4.69, 9.17) is 10.5 Å². The number of hydrogen-bond donors (Lipinski definition) is 1. The third-order valence-corrected chi connectivity index (χ3v) is 3.61. The maximum absolute atomic E-state index is 13.4. The number of nitrogens with two attached hydrogens (primary N) is 1. The van der Waals surface area contributed by atoms with Gasteiger partial charge in [-0.3, -0.25) is 4.79 Å². The van der Waals surface area contributed by atoms with Crippen LogP contribution in [0.4, 0.5) is 10.1 Å². The first-order valence-electron chi connectivity index (χ1n) is 7.52. The number of carbonyl (C=O) groups excluding carboxylic acids is 1. The van der Waals surface area contributed by atoms with Crippen molar-refractivity contribution in [2.24, 2.45) is 0 Å². The van der Waals surface area contributed by atoms with Crippen molar-refractivity contribution in [2.75, 3.05) is 25.9 Å². The molecule has 0 saturated heterocycles. The molecule has 2 aromatic rings. The van der Waals surface area contributed by atoms with E-state index in [1.165, 1.54) is 6.07 Å². The molecule has 0 spiro atoms. The summed E-state index contributed by atoms with van der Waals surface area (Å²) >= 11 is 0. The Morgan fingerprint density at radius 2 is 1.83 bits per heavy atom. The molecule has 0 aliphatic heterocycles. The van der Waals surface area contributed by atoms with Gasteiger partial charge in [-0.25, -0.2) is 4.39 Å².